The highest BCUT2D eigenvalue weighted by atomic mass is 15.3. The van der Waals surface area contributed by atoms with Gasteiger partial charge in [-0.1, -0.05) is 0 Å². The van der Waals surface area contributed by atoms with Gasteiger partial charge >= 0.3 is 0 Å². The summed E-state index contributed by atoms with van der Waals surface area (Å²) in [7, 11) is 0. The number of hydrogen-bond acceptors (Lipinski definition) is 2. The Kier molecular flexibility index (Phi) is 1.91. The molecule has 72 valence electrons. The smallest absolute Gasteiger partial charge is 0.0596 e. The molecule has 3 heteroatoms. The van der Waals surface area contributed by atoms with Gasteiger partial charge in [-0.3, -0.25) is 4.68 Å². The van der Waals surface area contributed by atoms with Crippen molar-refractivity contribution in [3.8, 4) is 0 Å². The van der Waals surface area contributed by atoms with Gasteiger partial charge in [0.15, 0.2) is 0 Å². The number of aryl methyl sites for hydroxylation is 2. The molecule has 0 aromatic carbocycles. The molecule has 0 saturated heterocycles. The molecule has 13 heavy (non-hydrogen) atoms. The van der Waals surface area contributed by atoms with Crippen molar-refractivity contribution in [3.63, 3.8) is 0 Å². The molecule has 2 rings (SSSR count). The summed E-state index contributed by atoms with van der Waals surface area (Å²) in [5.74, 6) is 0. The molecule has 1 aromatic heterocycles. The van der Waals surface area contributed by atoms with Crippen molar-refractivity contribution in [3.05, 3.63) is 17.5 Å². The van der Waals surface area contributed by atoms with Gasteiger partial charge in [0.1, 0.15) is 0 Å². The Bertz CT molecular complexity index is 310. The maximum Gasteiger partial charge on any atom is 0.0596 e. The maximum atomic E-state index is 5.73. The Labute approximate surface area is 78.9 Å². The number of nitrogens with zero attached hydrogens (tertiary/aromatic N) is 2. The van der Waals surface area contributed by atoms with Crippen LogP contribution in [0.2, 0.25) is 0 Å². The fourth-order valence-electron chi connectivity index (χ4n) is 1.76. The highest BCUT2D eigenvalue weighted by Gasteiger charge is 2.41. The number of hydrogen-bond donors (Lipinski definition) is 1. The molecular formula is C10H17N3. The van der Waals surface area contributed by atoms with Crippen LogP contribution in [0.4, 0.5) is 0 Å². The molecule has 1 heterocycles. The van der Waals surface area contributed by atoms with Gasteiger partial charge in [0.05, 0.1) is 5.69 Å². The van der Waals surface area contributed by atoms with Crippen LogP contribution in [-0.2, 0) is 6.54 Å². The Balaban J connectivity index is 2.13. The van der Waals surface area contributed by atoms with Crippen molar-refractivity contribution in [2.75, 3.05) is 6.54 Å². The molecule has 1 aromatic rings. The van der Waals surface area contributed by atoms with Crippen LogP contribution in [0.3, 0.4) is 0 Å². The third-order valence-corrected chi connectivity index (χ3v) is 2.98. The van der Waals surface area contributed by atoms with E-state index in [1.807, 2.05) is 6.92 Å². The zero-order valence-corrected chi connectivity index (χ0v) is 8.38. The van der Waals surface area contributed by atoms with Crippen molar-refractivity contribution < 1.29 is 0 Å². The summed E-state index contributed by atoms with van der Waals surface area (Å²) in [6.07, 6.45) is 2.53. The molecular weight excluding hydrogens is 162 g/mol. The topological polar surface area (TPSA) is 43.8 Å². The van der Waals surface area contributed by atoms with E-state index >= 15 is 0 Å². The second-order valence-electron chi connectivity index (χ2n) is 4.29. The molecule has 0 unspecified atom stereocenters. The molecule has 1 aliphatic carbocycles. The van der Waals surface area contributed by atoms with Crippen LogP contribution in [0.5, 0.6) is 0 Å². The third-order valence-electron chi connectivity index (χ3n) is 2.98. The predicted molar refractivity (Wildman–Crippen MR) is 52.4 cm³/mol. The lowest BCUT2D eigenvalue weighted by molar-refractivity contribution is 0.400. The first-order valence-corrected chi connectivity index (χ1v) is 4.86. The van der Waals surface area contributed by atoms with Crippen LogP contribution in [-0.4, -0.2) is 16.3 Å². The lowest BCUT2D eigenvalue weighted by Crippen LogP contribution is -2.22. The van der Waals surface area contributed by atoms with Gasteiger partial charge in [-0.15, -0.1) is 0 Å². The van der Waals surface area contributed by atoms with Crippen molar-refractivity contribution in [2.45, 2.75) is 33.2 Å². The van der Waals surface area contributed by atoms with Crippen molar-refractivity contribution in [2.24, 2.45) is 11.1 Å². The molecule has 1 saturated carbocycles. The van der Waals surface area contributed by atoms with Crippen LogP contribution in [0, 0.1) is 19.3 Å². The molecule has 0 spiro atoms. The van der Waals surface area contributed by atoms with E-state index in [0.717, 1.165) is 18.8 Å². The Morgan fingerprint density at radius 1 is 1.54 bits per heavy atom. The summed E-state index contributed by atoms with van der Waals surface area (Å²) >= 11 is 0. The molecule has 0 aliphatic heterocycles. The monoisotopic (exact) mass is 179 g/mol. The second-order valence-corrected chi connectivity index (χ2v) is 4.29. The van der Waals surface area contributed by atoms with E-state index in [0.29, 0.717) is 5.41 Å². The number of rotatable bonds is 3. The van der Waals surface area contributed by atoms with Crippen LogP contribution in [0.15, 0.2) is 6.07 Å². The van der Waals surface area contributed by atoms with Gasteiger partial charge in [-0.2, -0.15) is 5.10 Å². The summed E-state index contributed by atoms with van der Waals surface area (Å²) in [5, 5.41) is 4.44. The fraction of sp³-hybridized carbons (Fsp3) is 0.700. The highest BCUT2D eigenvalue weighted by molar-refractivity contribution is 5.08. The Hall–Kier alpha value is -0.830. The van der Waals surface area contributed by atoms with Gasteiger partial charge in [0, 0.05) is 17.7 Å². The van der Waals surface area contributed by atoms with Crippen LogP contribution < -0.4 is 5.73 Å². The minimum atomic E-state index is 0.378. The van der Waals surface area contributed by atoms with E-state index in [1.54, 1.807) is 0 Å². The van der Waals surface area contributed by atoms with E-state index in [2.05, 4.69) is 22.8 Å². The molecule has 2 N–H and O–H groups in total. The molecule has 0 atom stereocenters. The molecule has 0 bridgehead atoms. The first-order chi connectivity index (χ1) is 6.15. The van der Waals surface area contributed by atoms with E-state index < -0.39 is 0 Å². The maximum absolute atomic E-state index is 5.73. The van der Waals surface area contributed by atoms with Crippen LogP contribution in [0.25, 0.3) is 0 Å². The summed E-state index contributed by atoms with van der Waals surface area (Å²) in [6, 6.07) is 2.12. The summed E-state index contributed by atoms with van der Waals surface area (Å²) in [6.45, 7) is 5.94. The first-order valence-electron chi connectivity index (χ1n) is 4.86. The van der Waals surface area contributed by atoms with Gasteiger partial charge in [0.2, 0.25) is 0 Å². The minimum Gasteiger partial charge on any atom is -0.330 e. The SMILES string of the molecule is Cc1cc(C)n(CC2(CN)CC2)n1. The number of nitrogens with two attached hydrogens (primary N) is 1. The number of aromatic nitrogens is 2. The lowest BCUT2D eigenvalue weighted by Gasteiger charge is -2.13. The van der Waals surface area contributed by atoms with Gasteiger partial charge in [0.25, 0.3) is 0 Å². The zero-order chi connectivity index (χ0) is 9.47. The molecule has 0 radical (unpaired) electrons. The van der Waals surface area contributed by atoms with Gasteiger partial charge in [-0.05, 0) is 39.3 Å². The standard InChI is InChI=1S/C10H17N3/c1-8-5-9(2)13(12-8)7-10(6-11)3-4-10/h5H,3-4,6-7,11H2,1-2H3. The molecule has 0 amide bonds. The lowest BCUT2D eigenvalue weighted by atomic mass is 10.1. The fourth-order valence-corrected chi connectivity index (χ4v) is 1.76. The molecule has 1 aliphatic rings. The third kappa shape index (κ3) is 1.61. The quantitative estimate of drug-likeness (QED) is 0.758. The minimum absolute atomic E-state index is 0.378. The van der Waals surface area contributed by atoms with Gasteiger partial charge in [-0.25, -0.2) is 0 Å². The second kappa shape index (κ2) is 2.84. The van der Waals surface area contributed by atoms with E-state index in [1.165, 1.54) is 18.5 Å². The average molecular weight is 179 g/mol. The zero-order valence-electron chi connectivity index (χ0n) is 8.38. The first kappa shape index (κ1) is 8.75. The average Bonchev–Trinajstić information content (AvgIpc) is 2.77. The molecule has 1 fully saturated rings. The Morgan fingerprint density at radius 2 is 2.23 bits per heavy atom. The predicted octanol–water partition coefficient (Wildman–Crippen LogP) is 1.24. The van der Waals surface area contributed by atoms with Crippen molar-refractivity contribution in [1.82, 2.24) is 9.78 Å². The largest absolute Gasteiger partial charge is 0.330 e. The van der Waals surface area contributed by atoms with Gasteiger partial charge < -0.3 is 5.73 Å². The summed E-state index contributed by atoms with van der Waals surface area (Å²) < 4.78 is 2.09. The summed E-state index contributed by atoms with van der Waals surface area (Å²) in [5.41, 5.74) is 8.46. The van der Waals surface area contributed by atoms with E-state index in [4.69, 9.17) is 5.73 Å². The van der Waals surface area contributed by atoms with Crippen molar-refractivity contribution in [1.29, 1.82) is 0 Å². The Morgan fingerprint density at radius 3 is 2.62 bits per heavy atom. The van der Waals surface area contributed by atoms with Crippen LogP contribution in [0.1, 0.15) is 24.2 Å². The van der Waals surface area contributed by atoms with Crippen molar-refractivity contribution >= 4 is 0 Å². The van der Waals surface area contributed by atoms with Crippen LogP contribution >= 0.6 is 0 Å². The molecule has 3 nitrogen and oxygen atoms in total. The van der Waals surface area contributed by atoms with E-state index in [-0.39, 0.29) is 0 Å². The normalized spacial score (nSPS) is 19.0. The highest BCUT2D eigenvalue weighted by Crippen LogP contribution is 2.45. The van der Waals surface area contributed by atoms with E-state index in [9.17, 15) is 0 Å². The summed E-state index contributed by atoms with van der Waals surface area (Å²) in [4.78, 5) is 0.